The van der Waals surface area contributed by atoms with Gasteiger partial charge in [-0.05, 0) is 30.7 Å². The van der Waals surface area contributed by atoms with Gasteiger partial charge in [-0.1, -0.05) is 0 Å². The van der Waals surface area contributed by atoms with Crippen LogP contribution >= 0.6 is 11.8 Å². The Morgan fingerprint density at radius 1 is 1.18 bits per heavy atom. The van der Waals surface area contributed by atoms with E-state index in [0.717, 1.165) is 0 Å². The monoisotopic (exact) mass is 475 g/mol. The number of aromatic nitrogens is 4. The summed E-state index contributed by atoms with van der Waals surface area (Å²) in [5.41, 5.74) is 6.07. The molecule has 0 fully saturated rings. The fourth-order valence-electron chi connectivity index (χ4n) is 2.83. The van der Waals surface area contributed by atoms with Crippen LogP contribution in [0.2, 0.25) is 0 Å². The highest BCUT2D eigenvalue weighted by Crippen LogP contribution is 2.20. The van der Waals surface area contributed by atoms with Crippen LogP contribution in [0, 0.1) is 0 Å². The Labute approximate surface area is 190 Å². The van der Waals surface area contributed by atoms with Crippen molar-refractivity contribution in [3.05, 3.63) is 52.1 Å². The third kappa shape index (κ3) is 5.92. The quantitative estimate of drug-likeness (QED) is 0.269. The Kier molecular flexibility index (Phi) is 7.03. The number of fused-ring (bicyclic) bond motifs is 1. The van der Waals surface area contributed by atoms with E-state index in [0.29, 0.717) is 11.4 Å². The minimum absolute atomic E-state index is 0.00895. The molecule has 33 heavy (non-hydrogen) atoms. The second kappa shape index (κ2) is 9.91. The van der Waals surface area contributed by atoms with Crippen LogP contribution < -0.4 is 21.0 Å². The minimum Gasteiger partial charge on any atom is -0.481 e. The molecule has 0 aliphatic heterocycles. The lowest BCUT2D eigenvalue weighted by molar-refractivity contribution is -0.140. The number of amides is 1. The average molecular weight is 476 g/mol. The van der Waals surface area contributed by atoms with Crippen LogP contribution in [0.15, 0.2) is 35.3 Å². The number of nitrogen functional groups attached to an aromatic ring is 1. The molecular formula is C19H18ClN7O6. The van der Waals surface area contributed by atoms with Gasteiger partial charge in [0.05, 0.1) is 24.1 Å². The van der Waals surface area contributed by atoms with Crippen LogP contribution in [0.3, 0.4) is 0 Å². The molecule has 2 heterocycles. The first-order valence-corrected chi connectivity index (χ1v) is 9.78. The molecule has 0 bridgehead atoms. The standard InChI is InChI=1S/C19H18ClN7O6/c20-27(8-10-7-22-15-14(23-10)17(31)26-19(21)25-15)11-3-1-9(2-4-11)16(30)24-12(18(32)33)5-6-13(28)29/h1-4,7,12H,5-6,8H2,(H,24,30)(H,28,29)(H,32,33)(H3,21,22,25,26,31)/t12-/m0/s1. The molecule has 1 atom stereocenters. The number of hydrogen-bond donors (Lipinski definition) is 5. The summed E-state index contributed by atoms with van der Waals surface area (Å²) in [5.74, 6) is -3.24. The number of nitrogens with two attached hydrogens (primary N) is 1. The summed E-state index contributed by atoms with van der Waals surface area (Å²) in [6.07, 6.45) is 0.768. The Balaban J connectivity index is 1.68. The number of nitrogens with zero attached hydrogens (tertiary/aromatic N) is 4. The van der Waals surface area contributed by atoms with Gasteiger partial charge in [-0.25, -0.2) is 14.8 Å². The number of aliphatic carboxylic acids is 2. The van der Waals surface area contributed by atoms with E-state index in [-0.39, 0.29) is 35.6 Å². The molecule has 14 heteroatoms. The topological polar surface area (TPSA) is 204 Å². The van der Waals surface area contributed by atoms with Gasteiger partial charge in [0.15, 0.2) is 11.2 Å². The van der Waals surface area contributed by atoms with Crippen molar-refractivity contribution in [3.8, 4) is 0 Å². The Morgan fingerprint density at radius 3 is 2.52 bits per heavy atom. The van der Waals surface area contributed by atoms with E-state index < -0.39 is 35.9 Å². The van der Waals surface area contributed by atoms with Crippen molar-refractivity contribution in [2.24, 2.45) is 0 Å². The maximum absolute atomic E-state index is 12.3. The molecule has 0 spiro atoms. The van der Waals surface area contributed by atoms with Gasteiger partial charge in [0.25, 0.3) is 5.91 Å². The van der Waals surface area contributed by atoms with Crippen molar-refractivity contribution in [2.45, 2.75) is 25.4 Å². The van der Waals surface area contributed by atoms with Crippen molar-refractivity contribution in [2.75, 3.05) is 10.2 Å². The highest BCUT2D eigenvalue weighted by Gasteiger charge is 2.21. The number of nitrogens with one attached hydrogen (secondary N) is 2. The normalized spacial score (nSPS) is 11.7. The Hall–Kier alpha value is -4.26. The molecule has 2 aromatic heterocycles. The van der Waals surface area contributed by atoms with Crippen LogP contribution in [0.4, 0.5) is 11.6 Å². The molecule has 6 N–H and O–H groups in total. The minimum atomic E-state index is -1.34. The second-order valence-corrected chi connectivity index (χ2v) is 7.26. The van der Waals surface area contributed by atoms with Crippen molar-refractivity contribution in [3.63, 3.8) is 0 Å². The summed E-state index contributed by atoms with van der Waals surface area (Å²) < 4.78 is 1.28. The molecule has 13 nitrogen and oxygen atoms in total. The number of H-pyrrole nitrogens is 1. The molecule has 0 aliphatic carbocycles. The number of carbonyl (C=O) groups excluding carboxylic acids is 1. The first-order chi connectivity index (χ1) is 15.6. The third-order valence-electron chi connectivity index (χ3n) is 4.45. The van der Waals surface area contributed by atoms with Crippen LogP contribution in [0.1, 0.15) is 28.9 Å². The van der Waals surface area contributed by atoms with Crippen molar-refractivity contribution in [1.29, 1.82) is 0 Å². The summed E-state index contributed by atoms with van der Waals surface area (Å²) in [4.78, 5) is 60.6. The molecule has 172 valence electrons. The number of aromatic amines is 1. The van der Waals surface area contributed by atoms with E-state index in [1.807, 2.05) is 0 Å². The first kappa shape index (κ1) is 23.4. The van der Waals surface area contributed by atoms with Crippen molar-refractivity contribution < 1.29 is 24.6 Å². The second-order valence-electron chi connectivity index (χ2n) is 6.85. The number of halogens is 1. The zero-order chi connectivity index (χ0) is 24.1. The number of benzene rings is 1. The molecule has 3 rings (SSSR count). The number of carboxylic acid groups (broad SMARTS) is 2. The Bertz CT molecular complexity index is 1260. The summed E-state index contributed by atoms with van der Waals surface area (Å²) >= 11 is 6.30. The van der Waals surface area contributed by atoms with Gasteiger partial charge in [-0.3, -0.25) is 18.8 Å². The van der Waals surface area contributed by atoms with E-state index in [4.69, 9.17) is 27.7 Å². The van der Waals surface area contributed by atoms with Gasteiger partial charge in [0.1, 0.15) is 6.04 Å². The number of rotatable bonds is 9. The van der Waals surface area contributed by atoms with Gasteiger partial charge in [-0.15, -0.1) is 0 Å². The highest BCUT2D eigenvalue weighted by molar-refractivity contribution is 6.25. The molecular weight excluding hydrogens is 458 g/mol. The van der Waals surface area contributed by atoms with E-state index in [1.54, 1.807) is 0 Å². The molecule has 0 saturated carbocycles. The van der Waals surface area contributed by atoms with Crippen LogP contribution in [-0.4, -0.2) is 54.0 Å². The van der Waals surface area contributed by atoms with Crippen LogP contribution in [-0.2, 0) is 16.1 Å². The van der Waals surface area contributed by atoms with Crippen molar-refractivity contribution in [1.82, 2.24) is 25.3 Å². The fraction of sp³-hybridized carbons (Fsp3) is 0.211. The smallest absolute Gasteiger partial charge is 0.326 e. The van der Waals surface area contributed by atoms with E-state index in [9.17, 15) is 19.2 Å². The fourth-order valence-corrected chi connectivity index (χ4v) is 3.06. The number of hydrogen-bond acceptors (Lipinski definition) is 9. The third-order valence-corrected chi connectivity index (χ3v) is 4.77. The summed E-state index contributed by atoms with van der Waals surface area (Å²) in [5, 5.41) is 20.2. The largest absolute Gasteiger partial charge is 0.481 e. The lowest BCUT2D eigenvalue weighted by Gasteiger charge is -2.17. The molecule has 0 radical (unpaired) electrons. The zero-order valence-electron chi connectivity index (χ0n) is 16.9. The number of carboxylic acids is 2. The lowest BCUT2D eigenvalue weighted by atomic mass is 10.1. The number of anilines is 2. The van der Waals surface area contributed by atoms with Gasteiger partial charge < -0.3 is 26.2 Å². The molecule has 3 aromatic rings. The van der Waals surface area contributed by atoms with Crippen molar-refractivity contribution >= 4 is 52.4 Å². The molecule has 1 aromatic carbocycles. The SMILES string of the molecule is Nc1nc(=O)c2nc(CN(Cl)c3ccc(C(=O)N[C@@H](CCC(=O)O)C(=O)O)cc3)cnc2[nH]1. The predicted octanol–water partition coefficient (Wildman–Crippen LogP) is 0.503. The average Bonchev–Trinajstić information content (AvgIpc) is 2.76. The number of carbonyl (C=O) groups is 3. The Morgan fingerprint density at radius 2 is 1.88 bits per heavy atom. The van der Waals surface area contributed by atoms with Gasteiger partial charge in [0, 0.05) is 23.8 Å². The zero-order valence-corrected chi connectivity index (χ0v) is 17.6. The molecule has 0 saturated heterocycles. The van der Waals surface area contributed by atoms with Gasteiger partial charge in [-0.2, -0.15) is 4.98 Å². The van der Waals surface area contributed by atoms with E-state index in [1.165, 1.54) is 34.9 Å². The van der Waals surface area contributed by atoms with Crippen LogP contribution in [0.25, 0.3) is 11.2 Å². The first-order valence-electron chi connectivity index (χ1n) is 9.44. The van der Waals surface area contributed by atoms with E-state index in [2.05, 4.69) is 25.3 Å². The molecule has 0 unspecified atom stereocenters. The molecule has 1 amide bonds. The molecule has 0 aliphatic rings. The lowest BCUT2D eigenvalue weighted by Crippen LogP contribution is -2.41. The van der Waals surface area contributed by atoms with Gasteiger partial charge in [0.2, 0.25) is 5.95 Å². The van der Waals surface area contributed by atoms with E-state index >= 15 is 0 Å². The summed E-state index contributed by atoms with van der Waals surface area (Å²) in [6.45, 7) is 0.0656. The highest BCUT2D eigenvalue weighted by atomic mass is 35.5. The van der Waals surface area contributed by atoms with Gasteiger partial charge >= 0.3 is 17.5 Å². The maximum atomic E-state index is 12.3. The summed E-state index contributed by atoms with van der Waals surface area (Å²) in [6, 6.07) is 4.58. The predicted molar refractivity (Wildman–Crippen MR) is 117 cm³/mol. The summed E-state index contributed by atoms with van der Waals surface area (Å²) in [7, 11) is 0. The van der Waals surface area contributed by atoms with Crippen LogP contribution in [0.5, 0.6) is 0 Å². The maximum Gasteiger partial charge on any atom is 0.326 e.